The van der Waals surface area contributed by atoms with E-state index in [-0.39, 0.29) is 18.6 Å². The van der Waals surface area contributed by atoms with Crippen molar-refractivity contribution in [2.45, 2.75) is 26.3 Å². The van der Waals surface area contributed by atoms with Gasteiger partial charge in [0.15, 0.2) is 0 Å². The minimum atomic E-state index is -0.301. The van der Waals surface area contributed by atoms with Crippen LogP contribution >= 0.6 is 11.3 Å². The third-order valence-electron chi connectivity index (χ3n) is 4.09. The molecule has 0 aliphatic heterocycles. The fourth-order valence-corrected chi connectivity index (χ4v) is 3.61. The van der Waals surface area contributed by atoms with E-state index in [9.17, 15) is 9.90 Å². The average Bonchev–Trinajstić information content (AvgIpc) is 3.11. The van der Waals surface area contributed by atoms with Crippen LogP contribution in [0.4, 0.5) is 0 Å². The van der Waals surface area contributed by atoms with Gasteiger partial charge in [-0.05, 0) is 43.5 Å². The van der Waals surface area contributed by atoms with E-state index in [0.29, 0.717) is 11.3 Å². The Morgan fingerprint density at radius 3 is 2.83 bits per heavy atom. The highest BCUT2D eigenvalue weighted by atomic mass is 32.1. The van der Waals surface area contributed by atoms with Crippen molar-refractivity contribution in [3.8, 4) is 0 Å². The Bertz CT molecular complexity index is 815. The van der Waals surface area contributed by atoms with Gasteiger partial charge in [-0.25, -0.2) is 0 Å². The van der Waals surface area contributed by atoms with E-state index in [2.05, 4.69) is 10.3 Å². The zero-order valence-electron chi connectivity index (χ0n) is 13.2. The van der Waals surface area contributed by atoms with Crippen LogP contribution < -0.4 is 5.32 Å². The van der Waals surface area contributed by atoms with Crippen LogP contribution in [0.1, 0.15) is 25.7 Å². The number of nitrogens with one attached hydrogen (secondary N) is 2. The molecule has 0 saturated heterocycles. The summed E-state index contributed by atoms with van der Waals surface area (Å²) in [6, 6.07) is 9.63. The van der Waals surface area contributed by atoms with Crippen molar-refractivity contribution in [3.63, 3.8) is 0 Å². The molecule has 0 saturated carbocycles. The highest BCUT2D eigenvalue weighted by Crippen LogP contribution is 2.22. The van der Waals surface area contributed by atoms with Crippen molar-refractivity contribution < 1.29 is 9.90 Å². The lowest BCUT2D eigenvalue weighted by Crippen LogP contribution is -2.38. The third-order valence-corrected chi connectivity index (χ3v) is 5.24. The standard InChI is InChI=1S/C18H20N2O2S/c1-11-7-17(23-12(11)2)18(22)20-14(10-21)8-13-9-19-16-6-4-3-5-15(13)16/h3-7,9,14,19,21H,8,10H2,1-2H3,(H,20,22). The number of fused-ring (bicyclic) bond motifs is 1. The maximum absolute atomic E-state index is 12.4. The summed E-state index contributed by atoms with van der Waals surface area (Å²) in [5, 5.41) is 13.7. The number of hydrogen-bond donors (Lipinski definition) is 3. The number of H-pyrrole nitrogens is 1. The Balaban J connectivity index is 1.74. The normalized spacial score (nSPS) is 12.5. The van der Waals surface area contributed by atoms with Gasteiger partial charge in [-0.3, -0.25) is 4.79 Å². The lowest BCUT2D eigenvalue weighted by Gasteiger charge is -2.15. The zero-order valence-corrected chi connectivity index (χ0v) is 14.0. The molecule has 0 spiro atoms. The third kappa shape index (κ3) is 3.30. The topological polar surface area (TPSA) is 65.1 Å². The number of rotatable bonds is 5. The van der Waals surface area contributed by atoms with Gasteiger partial charge in [0.2, 0.25) is 0 Å². The van der Waals surface area contributed by atoms with Gasteiger partial charge in [0.05, 0.1) is 17.5 Å². The van der Waals surface area contributed by atoms with Gasteiger partial charge >= 0.3 is 0 Å². The van der Waals surface area contributed by atoms with Gasteiger partial charge in [-0.15, -0.1) is 11.3 Å². The molecule has 0 aliphatic rings. The lowest BCUT2D eigenvalue weighted by atomic mass is 10.1. The molecule has 0 aliphatic carbocycles. The molecule has 1 unspecified atom stereocenters. The maximum Gasteiger partial charge on any atom is 0.261 e. The first kappa shape index (κ1) is 15.8. The van der Waals surface area contributed by atoms with Gasteiger partial charge < -0.3 is 15.4 Å². The smallest absolute Gasteiger partial charge is 0.261 e. The van der Waals surface area contributed by atoms with Crippen LogP contribution in [-0.4, -0.2) is 28.6 Å². The zero-order chi connectivity index (χ0) is 16.4. The maximum atomic E-state index is 12.4. The Morgan fingerprint density at radius 1 is 1.35 bits per heavy atom. The van der Waals surface area contributed by atoms with Crippen molar-refractivity contribution in [2.24, 2.45) is 0 Å². The number of hydrogen-bond acceptors (Lipinski definition) is 3. The first-order valence-corrected chi connectivity index (χ1v) is 8.44. The summed E-state index contributed by atoms with van der Waals surface area (Å²) in [4.78, 5) is 17.4. The van der Waals surface area contributed by atoms with E-state index < -0.39 is 0 Å². The largest absolute Gasteiger partial charge is 0.394 e. The summed E-state index contributed by atoms with van der Waals surface area (Å²) in [5.74, 6) is -0.120. The molecule has 0 fully saturated rings. The monoisotopic (exact) mass is 328 g/mol. The molecule has 1 amide bonds. The molecule has 4 nitrogen and oxygen atoms in total. The highest BCUT2D eigenvalue weighted by Gasteiger charge is 2.17. The number of thiophene rings is 1. The molecule has 0 bridgehead atoms. The molecule has 1 aromatic carbocycles. The summed E-state index contributed by atoms with van der Waals surface area (Å²) in [5.41, 5.74) is 3.28. The van der Waals surface area contributed by atoms with Gasteiger partial charge in [0.1, 0.15) is 0 Å². The predicted octanol–water partition coefficient (Wildman–Crippen LogP) is 3.18. The molecule has 1 atom stereocenters. The number of carbonyl (C=O) groups excluding carboxylic acids is 1. The second kappa shape index (κ2) is 6.56. The predicted molar refractivity (Wildman–Crippen MR) is 94.1 cm³/mol. The van der Waals surface area contributed by atoms with Crippen LogP contribution in [0.3, 0.4) is 0 Å². The number of aryl methyl sites for hydroxylation is 2. The number of aromatic amines is 1. The van der Waals surface area contributed by atoms with E-state index in [1.54, 1.807) is 0 Å². The van der Waals surface area contributed by atoms with E-state index in [1.807, 2.05) is 50.4 Å². The number of amides is 1. The molecule has 2 aromatic heterocycles. The molecule has 3 rings (SSSR count). The second-order valence-corrected chi connectivity index (χ2v) is 7.02. The Hall–Kier alpha value is -2.11. The van der Waals surface area contributed by atoms with Gasteiger partial charge in [0, 0.05) is 22.0 Å². The molecule has 0 radical (unpaired) electrons. The van der Waals surface area contributed by atoms with Crippen molar-refractivity contribution in [1.82, 2.24) is 10.3 Å². The summed E-state index contributed by atoms with van der Waals surface area (Å²) >= 11 is 1.49. The number of aliphatic hydroxyl groups is 1. The molecule has 5 heteroatoms. The SMILES string of the molecule is Cc1cc(C(=O)NC(CO)Cc2c[nH]c3ccccc23)sc1C. The molecule has 120 valence electrons. The van der Waals surface area contributed by atoms with Gasteiger partial charge in [0.25, 0.3) is 5.91 Å². The number of benzene rings is 1. The van der Waals surface area contributed by atoms with E-state index in [4.69, 9.17) is 0 Å². The average molecular weight is 328 g/mol. The fraction of sp³-hybridized carbons (Fsp3) is 0.278. The number of para-hydroxylation sites is 1. The summed E-state index contributed by atoms with van der Waals surface area (Å²) in [7, 11) is 0. The van der Waals surface area contributed by atoms with Crippen LogP contribution in [0.5, 0.6) is 0 Å². The molecule has 3 N–H and O–H groups in total. The summed E-state index contributed by atoms with van der Waals surface area (Å²) in [6.45, 7) is 3.92. The van der Waals surface area contributed by atoms with Crippen LogP contribution in [0.2, 0.25) is 0 Å². The van der Waals surface area contributed by atoms with Crippen molar-refractivity contribution in [1.29, 1.82) is 0 Å². The minimum absolute atomic E-state index is 0.0887. The summed E-state index contributed by atoms with van der Waals surface area (Å²) < 4.78 is 0. The Labute approximate surface area is 139 Å². The highest BCUT2D eigenvalue weighted by molar-refractivity contribution is 7.14. The van der Waals surface area contributed by atoms with E-state index >= 15 is 0 Å². The molecule has 2 heterocycles. The lowest BCUT2D eigenvalue weighted by molar-refractivity contribution is 0.0920. The fourth-order valence-electron chi connectivity index (χ4n) is 2.67. The van der Waals surface area contributed by atoms with Crippen LogP contribution in [0.25, 0.3) is 10.9 Å². The number of aliphatic hydroxyl groups excluding tert-OH is 1. The van der Waals surface area contributed by atoms with Crippen LogP contribution in [0, 0.1) is 13.8 Å². The van der Waals surface area contributed by atoms with Crippen LogP contribution in [0.15, 0.2) is 36.5 Å². The molecule has 3 aromatic rings. The van der Waals surface area contributed by atoms with Crippen molar-refractivity contribution in [2.75, 3.05) is 6.61 Å². The summed E-state index contributed by atoms with van der Waals surface area (Å²) in [6.07, 6.45) is 2.54. The van der Waals surface area contributed by atoms with Crippen molar-refractivity contribution in [3.05, 3.63) is 57.4 Å². The van der Waals surface area contributed by atoms with Crippen molar-refractivity contribution >= 4 is 28.1 Å². The molecular weight excluding hydrogens is 308 g/mol. The van der Waals surface area contributed by atoms with Gasteiger partial charge in [-0.2, -0.15) is 0 Å². The minimum Gasteiger partial charge on any atom is -0.394 e. The number of carbonyl (C=O) groups is 1. The first-order chi connectivity index (χ1) is 11.1. The quantitative estimate of drug-likeness (QED) is 0.673. The van der Waals surface area contributed by atoms with E-state index in [1.165, 1.54) is 11.3 Å². The molecule has 23 heavy (non-hydrogen) atoms. The van der Waals surface area contributed by atoms with E-state index in [0.717, 1.165) is 26.9 Å². The first-order valence-electron chi connectivity index (χ1n) is 7.62. The Kier molecular flexibility index (Phi) is 4.50. The Morgan fingerprint density at radius 2 is 2.13 bits per heavy atom. The van der Waals surface area contributed by atoms with Crippen LogP contribution in [-0.2, 0) is 6.42 Å². The van der Waals surface area contributed by atoms with Gasteiger partial charge in [-0.1, -0.05) is 18.2 Å². The number of aromatic nitrogens is 1. The second-order valence-electron chi connectivity index (χ2n) is 5.77. The molecular formula is C18H20N2O2S.